The van der Waals surface area contributed by atoms with Crippen LogP contribution < -0.4 is 5.32 Å². The molecule has 2 aromatic heterocycles. The van der Waals surface area contributed by atoms with E-state index in [-0.39, 0.29) is 0 Å². The molecule has 126 valence electrons. The maximum Gasteiger partial charge on any atom is 0.210 e. The van der Waals surface area contributed by atoms with Gasteiger partial charge in [0, 0.05) is 22.8 Å². The molecule has 0 spiro atoms. The van der Waals surface area contributed by atoms with Crippen molar-refractivity contribution in [2.24, 2.45) is 0 Å². The largest absolute Gasteiger partial charge is 0.330 e. The number of imidazole rings is 1. The van der Waals surface area contributed by atoms with E-state index in [1.807, 2.05) is 31.2 Å². The molecule has 2 aromatic carbocycles. The molecular formula is C18H16ClN5S. The first-order chi connectivity index (χ1) is 12.1. The lowest BCUT2D eigenvalue weighted by molar-refractivity contribution is 0.753. The van der Waals surface area contributed by atoms with Crippen LogP contribution in [0.15, 0.2) is 42.5 Å². The average molecular weight is 370 g/mol. The average Bonchev–Trinajstić information content (AvgIpc) is 3.19. The zero-order valence-corrected chi connectivity index (χ0v) is 15.4. The first kappa shape index (κ1) is 16.1. The molecule has 0 radical (unpaired) electrons. The molecule has 0 atom stereocenters. The molecule has 0 aliphatic heterocycles. The second kappa shape index (κ2) is 6.46. The van der Waals surface area contributed by atoms with Crippen LogP contribution in [0.5, 0.6) is 0 Å². The van der Waals surface area contributed by atoms with Crippen LogP contribution in [0, 0.1) is 6.92 Å². The number of rotatable bonds is 4. The van der Waals surface area contributed by atoms with E-state index in [4.69, 9.17) is 11.6 Å². The summed E-state index contributed by atoms with van der Waals surface area (Å²) in [6, 6.07) is 13.7. The standard InChI is InChI=1S/C18H16ClN5S/c1-3-24-11(2)20-15-10-12(4-9-16(15)24)17-22-23-18(25-17)21-14-7-5-13(19)6-8-14/h4-10H,3H2,1-2H3,(H,21,23). The molecule has 25 heavy (non-hydrogen) atoms. The second-order valence-electron chi connectivity index (χ2n) is 5.65. The first-order valence-corrected chi connectivity index (χ1v) is 9.17. The van der Waals surface area contributed by atoms with Gasteiger partial charge in [-0.1, -0.05) is 22.9 Å². The number of hydrogen-bond acceptors (Lipinski definition) is 5. The SMILES string of the molecule is CCn1c(C)nc2cc(-c3nnc(Nc4ccc(Cl)cc4)s3)ccc21. The van der Waals surface area contributed by atoms with Crippen molar-refractivity contribution >= 4 is 44.8 Å². The Labute approximate surface area is 154 Å². The van der Waals surface area contributed by atoms with Crippen LogP contribution in [0.3, 0.4) is 0 Å². The fraction of sp³-hybridized carbons (Fsp3) is 0.167. The molecule has 0 bridgehead atoms. The summed E-state index contributed by atoms with van der Waals surface area (Å²) >= 11 is 7.42. The summed E-state index contributed by atoms with van der Waals surface area (Å²) in [5, 5.41) is 14.1. The van der Waals surface area contributed by atoms with Crippen molar-refractivity contribution in [2.45, 2.75) is 20.4 Å². The van der Waals surface area contributed by atoms with E-state index in [1.165, 1.54) is 11.3 Å². The van der Waals surface area contributed by atoms with E-state index in [0.29, 0.717) is 5.02 Å². The van der Waals surface area contributed by atoms with Crippen molar-refractivity contribution in [3.8, 4) is 10.6 Å². The van der Waals surface area contributed by atoms with Crippen LogP contribution in [0.4, 0.5) is 10.8 Å². The molecular weight excluding hydrogens is 354 g/mol. The van der Waals surface area contributed by atoms with Crippen molar-refractivity contribution in [1.82, 2.24) is 19.7 Å². The van der Waals surface area contributed by atoms with Crippen LogP contribution in [-0.2, 0) is 6.54 Å². The van der Waals surface area contributed by atoms with Crippen molar-refractivity contribution in [2.75, 3.05) is 5.32 Å². The third-order valence-electron chi connectivity index (χ3n) is 4.02. The van der Waals surface area contributed by atoms with Gasteiger partial charge in [0.1, 0.15) is 10.8 Å². The Hall–Kier alpha value is -2.44. The molecule has 0 fully saturated rings. The van der Waals surface area contributed by atoms with Crippen molar-refractivity contribution < 1.29 is 0 Å². The van der Waals surface area contributed by atoms with E-state index in [0.717, 1.165) is 44.8 Å². The summed E-state index contributed by atoms with van der Waals surface area (Å²) in [5.41, 5.74) is 4.09. The summed E-state index contributed by atoms with van der Waals surface area (Å²) in [4.78, 5) is 4.64. The number of fused-ring (bicyclic) bond motifs is 1. The lowest BCUT2D eigenvalue weighted by Gasteiger charge is -2.02. The van der Waals surface area contributed by atoms with Crippen LogP contribution in [0.2, 0.25) is 5.02 Å². The van der Waals surface area contributed by atoms with Gasteiger partial charge in [-0.05, 0) is 56.3 Å². The lowest BCUT2D eigenvalue weighted by Crippen LogP contribution is -1.95. The van der Waals surface area contributed by atoms with E-state index in [9.17, 15) is 0 Å². The highest BCUT2D eigenvalue weighted by Crippen LogP contribution is 2.30. The second-order valence-corrected chi connectivity index (χ2v) is 7.06. The molecule has 0 aliphatic carbocycles. The molecule has 0 aliphatic rings. The Morgan fingerprint density at radius 1 is 1.12 bits per heavy atom. The van der Waals surface area contributed by atoms with Crippen LogP contribution in [0.1, 0.15) is 12.7 Å². The molecule has 0 saturated heterocycles. The van der Waals surface area contributed by atoms with Gasteiger partial charge in [-0.25, -0.2) is 4.98 Å². The highest BCUT2D eigenvalue weighted by atomic mass is 35.5. The smallest absolute Gasteiger partial charge is 0.210 e. The maximum atomic E-state index is 5.91. The number of hydrogen-bond donors (Lipinski definition) is 1. The third-order valence-corrected chi connectivity index (χ3v) is 5.16. The molecule has 0 unspecified atom stereocenters. The minimum Gasteiger partial charge on any atom is -0.330 e. The Bertz CT molecular complexity index is 1040. The van der Waals surface area contributed by atoms with Gasteiger partial charge in [-0.3, -0.25) is 0 Å². The van der Waals surface area contributed by atoms with Crippen molar-refractivity contribution in [3.63, 3.8) is 0 Å². The maximum absolute atomic E-state index is 5.91. The third kappa shape index (κ3) is 3.10. The molecule has 0 saturated carbocycles. The molecule has 2 heterocycles. The number of nitrogens with one attached hydrogen (secondary N) is 1. The first-order valence-electron chi connectivity index (χ1n) is 7.97. The van der Waals surface area contributed by atoms with Crippen LogP contribution in [0.25, 0.3) is 21.6 Å². The summed E-state index contributed by atoms with van der Waals surface area (Å²) in [5.74, 6) is 1.03. The zero-order chi connectivity index (χ0) is 17.4. The normalized spacial score (nSPS) is 11.2. The molecule has 4 aromatic rings. The van der Waals surface area contributed by atoms with Gasteiger partial charge >= 0.3 is 0 Å². The van der Waals surface area contributed by atoms with Gasteiger partial charge in [0.15, 0.2) is 0 Å². The predicted molar refractivity (Wildman–Crippen MR) is 104 cm³/mol. The van der Waals surface area contributed by atoms with E-state index in [1.54, 1.807) is 0 Å². The van der Waals surface area contributed by atoms with Gasteiger partial charge < -0.3 is 9.88 Å². The molecule has 4 rings (SSSR count). The van der Waals surface area contributed by atoms with E-state index >= 15 is 0 Å². The summed E-state index contributed by atoms with van der Waals surface area (Å²) < 4.78 is 2.20. The quantitative estimate of drug-likeness (QED) is 0.531. The van der Waals surface area contributed by atoms with Crippen molar-refractivity contribution in [3.05, 3.63) is 53.3 Å². The Morgan fingerprint density at radius 3 is 2.68 bits per heavy atom. The number of anilines is 2. The number of aromatic nitrogens is 4. The monoisotopic (exact) mass is 369 g/mol. The van der Waals surface area contributed by atoms with Gasteiger partial charge in [0.2, 0.25) is 5.13 Å². The molecule has 0 amide bonds. The fourth-order valence-electron chi connectivity index (χ4n) is 2.83. The Kier molecular flexibility index (Phi) is 4.15. The zero-order valence-electron chi connectivity index (χ0n) is 13.8. The van der Waals surface area contributed by atoms with E-state index < -0.39 is 0 Å². The van der Waals surface area contributed by atoms with Crippen molar-refractivity contribution in [1.29, 1.82) is 0 Å². The lowest BCUT2D eigenvalue weighted by atomic mass is 10.2. The van der Waals surface area contributed by atoms with Gasteiger partial charge in [0.05, 0.1) is 11.0 Å². The predicted octanol–water partition coefficient (Wildman–Crippen LogP) is 5.28. The topological polar surface area (TPSA) is 55.6 Å². The van der Waals surface area contributed by atoms with Gasteiger partial charge in [0.25, 0.3) is 0 Å². The van der Waals surface area contributed by atoms with Gasteiger partial charge in [-0.15, -0.1) is 10.2 Å². The van der Waals surface area contributed by atoms with E-state index in [2.05, 4.69) is 50.2 Å². The minimum absolute atomic E-state index is 0.707. The molecule has 1 N–H and O–H groups in total. The summed E-state index contributed by atoms with van der Waals surface area (Å²) in [7, 11) is 0. The molecule has 5 nitrogen and oxygen atoms in total. The van der Waals surface area contributed by atoms with Gasteiger partial charge in [-0.2, -0.15) is 0 Å². The fourth-order valence-corrected chi connectivity index (χ4v) is 3.72. The number of benzene rings is 2. The number of nitrogens with zero attached hydrogens (tertiary/aromatic N) is 4. The highest BCUT2D eigenvalue weighted by Gasteiger charge is 2.11. The van der Waals surface area contributed by atoms with Crippen LogP contribution in [-0.4, -0.2) is 19.7 Å². The number of aryl methyl sites for hydroxylation is 2. The molecule has 7 heteroatoms. The highest BCUT2D eigenvalue weighted by molar-refractivity contribution is 7.18. The summed E-state index contributed by atoms with van der Waals surface area (Å²) in [6.07, 6.45) is 0. The Balaban J connectivity index is 1.63. The minimum atomic E-state index is 0.707. The Morgan fingerprint density at radius 2 is 1.92 bits per heavy atom. The summed E-state index contributed by atoms with van der Waals surface area (Å²) in [6.45, 7) is 5.07. The number of halogens is 1. The van der Waals surface area contributed by atoms with Crippen LogP contribution >= 0.6 is 22.9 Å².